The van der Waals surface area contributed by atoms with Crippen LogP contribution < -0.4 is 11.1 Å². The average molecular weight is 272 g/mol. The lowest BCUT2D eigenvalue weighted by molar-refractivity contribution is -0.122. The molecule has 1 atom stereocenters. The highest BCUT2D eigenvalue weighted by Crippen LogP contribution is 2.09. The lowest BCUT2D eigenvalue weighted by Gasteiger charge is -2.12. The first-order valence-corrected chi connectivity index (χ1v) is 6.75. The van der Waals surface area contributed by atoms with Gasteiger partial charge in [0.25, 0.3) is 0 Å². The number of amides is 1. The summed E-state index contributed by atoms with van der Waals surface area (Å²) in [5.74, 6) is -0.139. The van der Waals surface area contributed by atoms with Crippen LogP contribution in [-0.4, -0.2) is 22.6 Å². The molecule has 5 nitrogen and oxygen atoms in total. The van der Waals surface area contributed by atoms with Crippen molar-refractivity contribution in [1.29, 1.82) is 0 Å². The Kier molecular flexibility index (Phi) is 4.90. The van der Waals surface area contributed by atoms with Crippen LogP contribution in [0.3, 0.4) is 0 Å². The summed E-state index contributed by atoms with van der Waals surface area (Å²) in [6.07, 6.45) is 3.59. The lowest BCUT2D eigenvalue weighted by Crippen LogP contribution is -2.34. The van der Waals surface area contributed by atoms with Gasteiger partial charge in [-0.1, -0.05) is 30.3 Å². The van der Waals surface area contributed by atoms with Gasteiger partial charge >= 0.3 is 0 Å². The zero-order valence-electron chi connectivity index (χ0n) is 11.6. The molecule has 0 radical (unpaired) electrons. The van der Waals surface area contributed by atoms with Crippen LogP contribution in [0.15, 0.2) is 36.5 Å². The minimum Gasteiger partial charge on any atom is -0.354 e. The van der Waals surface area contributed by atoms with Gasteiger partial charge in [-0.3, -0.25) is 9.89 Å². The third-order valence-corrected chi connectivity index (χ3v) is 3.30. The van der Waals surface area contributed by atoms with Crippen molar-refractivity contribution in [2.24, 2.45) is 5.73 Å². The first-order valence-electron chi connectivity index (χ1n) is 6.75. The maximum Gasteiger partial charge on any atom is 0.241 e. The number of benzene rings is 1. The van der Waals surface area contributed by atoms with Gasteiger partial charge in [0.2, 0.25) is 5.91 Å². The van der Waals surface area contributed by atoms with Crippen LogP contribution in [0.1, 0.15) is 29.3 Å². The van der Waals surface area contributed by atoms with Crippen molar-refractivity contribution in [1.82, 2.24) is 15.5 Å². The first kappa shape index (κ1) is 14.3. The van der Waals surface area contributed by atoms with E-state index in [9.17, 15) is 4.79 Å². The van der Waals surface area contributed by atoms with Crippen molar-refractivity contribution >= 4 is 5.91 Å². The van der Waals surface area contributed by atoms with Gasteiger partial charge in [0.05, 0.1) is 6.20 Å². The normalized spacial score (nSPS) is 12.1. The SMILES string of the molecule is Cc1[nH]ncc1CCCNC(=O)C(N)c1ccccc1. The van der Waals surface area contributed by atoms with Gasteiger partial charge in [-0.05, 0) is 30.9 Å². The third kappa shape index (κ3) is 3.68. The molecule has 0 spiro atoms. The Morgan fingerprint density at radius 1 is 1.40 bits per heavy atom. The number of carbonyl (C=O) groups is 1. The molecule has 0 saturated heterocycles. The fourth-order valence-corrected chi connectivity index (χ4v) is 2.04. The van der Waals surface area contributed by atoms with Crippen molar-refractivity contribution in [3.05, 3.63) is 53.3 Å². The van der Waals surface area contributed by atoms with Crippen LogP contribution in [-0.2, 0) is 11.2 Å². The Morgan fingerprint density at radius 3 is 2.80 bits per heavy atom. The molecule has 106 valence electrons. The van der Waals surface area contributed by atoms with E-state index in [4.69, 9.17) is 5.73 Å². The molecule has 0 fully saturated rings. The quantitative estimate of drug-likeness (QED) is 0.696. The predicted octanol–water partition coefficient (Wildman–Crippen LogP) is 1.47. The predicted molar refractivity (Wildman–Crippen MR) is 78.0 cm³/mol. The first-order chi connectivity index (χ1) is 9.68. The van der Waals surface area contributed by atoms with Gasteiger partial charge in [0.15, 0.2) is 0 Å². The zero-order chi connectivity index (χ0) is 14.4. The smallest absolute Gasteiger partial charge is 0.241 e. The summed E-state index contributed by atoms with van der Waals surface area (Å²) in [6, 6.07) is 8.78. The number of hydrogen-bond acceptors (Lipinski definition) is 3. The largest absolute Gasteiger partial charge is 0.354 e. The summed E-state index contributed by atoms with van der Waals surface area (Å²) in [5.41, 5.74) is 9.01. The van der Waals surface area contributed by atoms with Crippen molar-refractivity contribution in [2.75, 3.05) is 6.54 Å². The maximum atomic E-state index is 11.9. The molecule has 2 aromatic rings. The van der Waals surface area contributed by atoms with Gasteiger partial charge in [-0.15, -0.1) is 0 Å². The van der Waals surface area contributed by atoms with Gasteiger partial charge in [0.1, 0.15) is 6.04 Å². The standard InChI is InChI=1S/C15H20N4O/c1-11-13(10-18-19-11)8-5-9-17-15(20)14(16)12-6-3-2-4-7-12/h2-4,6-7,10,14H,5,8-9,16H2,1H3,(H,17,20)(H,18,19). The molecule has 1 aromatic heterocycles. The number of aromatic nitrogens is 2. The Morgan fingerprint density at radius 2 is 2.15 bits per heavy atom. The van der Waals surface area contributed by atoms with Gasteiger partial charge in [-0.2, -0.15) is 5.10 Å². The molecule has 1 amide bonds. The molecule has 0 saturated carbocycles. The van der Waals surface area contributed by atoms with Crippen molar-refractivity contribution in [3.63, 3.8) is 0 Å². The van der Waals surface area contributed by atoms with Crippen LogP contribution in [0.25, 0.3) is 0 Å². The highest BCUT2D eigenvalue weighted by Gasteiger charge is 2.14. The molecule has 2 rings (SSSR count). The lowest BCUT2D eigenvalue weighted by atomic mass is 10.1. The number of rotatable bonds is 6. The molecule has 1 heterocycles. The fraction of sp³-hybridized carbons (Fsp3) is 0.333. The molecule has 0 aliphatic rings. The van der Waals surface area contributed by atoms with E-state index in [0.29, 0.717) is 6.54 Å². The number of nitrogens with two attached hydrogens (primary N) is 1. The van der Waals surface area contributed by atoms with Crippen LogP contribution in [0.2, 0.25) is 0 Å². The monoisotopic (exact) mass is 272 g/mol. The molecule has 1 unspecified atom stereocenters. The second kappa shape index (κ2) is 6.86. The molecule has 0 aliphatic heterocycles. The van der Waals surface area contributed by atoms with E-state index in [-0.39, 0.29) is 5.91 Å². The molecule has 0 bridgehead atoms. The van der Waals surface area contributed by atoms with E-state index in [0.717, 1.165) is 24.1 Å². The van der Waals surface area contributed by atoms with E-state index >= 15 is 0 Å². The zero-order valence-corrected chi connectivity index (χ0v) is 11.6. The summed E-state index contributed by atoms with van der Waals surface area (Å²) < 4.78 is 0. The highest BCUT2D eigenvalue weighted by atomic mass is 16.2. The average Bonchev–Trinajstić information content (AvgIpc) is 2.89. The number of nitrogens with one attached hydrogen (secondary N) is 2. The van der Waals surface area contributed by atoms with Crippen LogP contribution in [0.5, 0.6) is 0 Å². The van der Waals surface area contributed by atoms with Crippen LogP contribution in [0, 0.1) is 6.92 Å². The molecule has 0 aliphatic carbocycles. The molecular weight excluding hydrogens is 252 g/mol. The summed E-state index contributed by atoms with van der Waals surface area (Å²) in [4.78, 5) is 11.9. The Labute approximate surface area is 118 Å². The van der Waals surface area contributed by atoms with Gasteiger partial charge < -0.3 is 11.1 Å². The van der Waals surface area contributed by atoms with E-state index < -0.39 is 6.04 Å². The minimum atomic E-state index is -0.605. The molecular formula is C15H20N4O. The number of aryl methyl sites for hydroxylation is 2. The topological polar surface area (TPSA) is 83.8 Å². The second-order valence-electron chi connectivity index (χ2n) is 4.80. The summed E-state index contributed by atoms with van der Waals surface area (Å²) in [7, 11) is 0. The number of aromatic amines is 1. The summed E-state index contributed by atoms with van der Waals surface area (Å²) in [6.45, 7) is 2.61. The molecule has 5 heteroatoms. The molecule has 4 N–H and O–H groups in total. The van der Waals surface area contributed by atoms with E-state index in [1.165, 1.54) is 5.56 Å². The summed E-state index contributed by atoms with van der Waals surface area (Å²) in [5, 5.41) is 9.74. The van der Waals surface area contributed by atoms with Crippen LogP contribution in [0.4, 0.5) is 0 Å². The maximum absolute atomic E-state index is 11.9. The Balaban J connectivity index is 1.74. The van der Waals surface area contributed by atoms with Crippen LogP contribution >= 0.6 is 0 Å². The van der Waals surface area contributed by atoms with E-state index in [2.05, 4.69) is 15.5 Å². The fourth-order valence-electron chi connectivity index (χ4n) is 2.04. The number of carbonyl (C=O) groups excluding carboxylic acids is 1. The second-order valence-corrected chi connectivity index (χ2v) is 4.80. The van der Waals surface area contributed by atoms with E-state index in [1.807, 2.05) is 43.5 Å². The summed E-state index contributed by atoms with van der Waals surface area (Å²) >= 11 is 0. The number of nitrogens with zero attached hydrogens (tertiary/aromatic N) is 1. The highest BCUT2D eigenvalue weighted by molar-refractivity contribution is 5.82. The number of hydrogen-bond donors (Lipinski definition) is 3. The van der Waals surface area contributed by atoms with Gasteiger partial charge in [0, 0.05) is 12.2 Å². The number of H-pyrrole nitrogens is 1. The Bertz CT molecular complexity index is 550. The minimum absolute atomic E-state index is 0.139. The third-order valence-electron chi connectivity index (χ3n) is 3.30. The van der Waals surface area contributed by atoms with E-state index in [1.54, 1.807) is 0 Å². The molecule has 1 aromatic carbocycles. The van der Waals surface area contributed by atoms with Crippen molar-refractivity contribution in [3.8, 4) is 0 Å². The Hall–Kier alpha value is -2.14. The van der Waals surface area contributed by atoms with Crippen molar-refractivity contribution < 1.29 is 4.79 Å². The molecule has 20 heavy (non-hydrogen) atoms. The van der Waals surface area contributed by atoms with Gasteiger partial charge in [-0.25, -0.2) is 0 Å². The van der Waals surface area contributed by atoms with Crippen molar-refractivity contribution in [2.45, 2.75) is 25.8 Å².